The topological polar surface area (TPSA) is 76.7 Å². The van der Waals surface area contributed by atoms with Gasteiger partial charge in [0.2, 0.25) is 0 Å². The summed E-state index contributed by atoms with van der Waals surface area (Å²) in [4.78, 5) is 24.0. The van der Waals surface area contributed by atoms with Gasteiger partial charge in [-0.2, -0.15) is 0 Å². The molecule has 1 fully saturated rings. The van der Waals surface area contributed by atoms with Gasteiger partial charge in [0.05, 0.1) is 29.0 Å². The minimum atomic E-state index is -0.499. The summed E-state index contributed by atoms with van der Waals surface area (Å²) >= 11 is 3.11. The van der Waals surface area contributed by atoms with E-state index in [9.17, 15) is 14.9 Å². The van der Waals surface area contributed by atoms with Crippen molar-refractivity contribution in [1.82, 2.24) is 5.32 Å². The lowest BCUT2D eigenvalue weighted by molar-refractivity contribution is -0.909. The highest BCUT2D eigenvalue weighted by molar-refractivity contribution is 9.10. The zero-order chi connectivity index (χ0) is 15.4. The number of likely N-dealkylation sites (tertiary alicyclic amines) is 1. The van der Waals surface area contributed by atoms with Gasteiger partial charge in [-0.05, 0) is 35.0 Å². The highest BCUT2D eigenvalue weighted by atomic mass is 79.9. The molecule has 2 unspecified atom stereocenters. The number of hydrogen-bond donors (Lipinski definition) is 2. The van der Waals surface area contributed by atoms with Crippen LogP contribution in [0.5, 0.6) is 0 Å². The van der Waals surface area contributed by atoms with Crippen molar-refractivity contribution in [3.63, 3.8) is 0 Å². The third-order valence-electron chi connectivity index (χ3n) is 4.00. The second-order valence-electron chi connectivity index (χ2n) is 5.23. The van der Waals surface area contributed by atoms with Crippen molar-refractivity contribution in [3.05, 3.63) is 38.3 Å². The van der Waals surface area contributed by atoms with E-state index in [0.717, 1.165) is 19.5 Å². The van der Waals surface area contributed by atoms with Crippen LogP contribution in [0.2, 0.25) is 0 Å². The van der Waals surface area contributed by atoms with Crippen molar-refractivity contribution < 1.29 is 14.6 Å². The average Bonchev–Trinajstić information content (AvgIpc) is 2.92. The number of amides is 1. The maximum atomic E-state index is 12.1. The number of nitrogens with one attached hydrogen (secondary N) is 2. The van der Waals surface area contributed by atoms with Crippen LogP contribution in [0, 0.1) is 10.1 Å². The number of hydrogen-bond acceptors (Lipinski definition) is 3. The standard InChI is InChI=1S/C14H18BrN3O3/c1-2-17-7-3-4-11(17)9-16-14(19)10-5-6-12(15)13(8-10)18(20)21/h5-6,8,11H,2-4,7,9H2,1H3,(H,16,19)/p+1. The largest absolute Gasteiger partial charge is 0.346 e. The lowest BCUT2D eigenvalue weighted by atomic mass is 10.1. The number of halogens is 1. The third kappa shape index (κ3) is 3.79. The molecule has 0 bridgehead atoms. The van der Waals surface area contributed by atoms with Gasteiger partial charge in [-0.15, -0.1) is 0 Å². The molecule has 114 valence electrons. The Hall–Kier alpha value is -1.47. The fraction of sp³-hybridized carbons (Fsp3) is 0.500. The van der Waals surface area contributed by atoms with Crippen LogP contribution < -0.4 is 10.2 Å². The molecule has 1 saturated heterocycles. The molecule has 2 atom stereocenters. The number of rotatable bonds is 5. The summed E-state index contributed by atoms with van der Waals surface area (Å²) < 4.78 is 0.376. The number of nitro groups is 1. The van der Waals surface area contributed by atoms with E-state index in [2.05, 4.69) is 28.2 Å². The van der Waals surface area contributed by atoms with Crippen molar-refractivity contribution >= 4 is 27.5 Å². The smallest absolute Gasteiger partial charge is 0.284 e. The first-order valence-corrected chi connectivity index (χ1v) is 7.89. The molecular formula is C14H19BrN3O3+. The van der Waals surface area contributed by atoms with E-state index in [4.69, 9.17) is 0 Å². The van der Waals surface area contributed by atoms with Crippen LogP contribution in [0.1, 0.15) is 30.1 Å². The molecule has 2 N–H and O–H groups in total. The maximum absolute atomic E-state index is 12.1. The van der Waals surface area contributed by atoms with Crippen molar-refractivity contribution in [1.29, 1.82) is 0 Å². The van der Waals surface area contributed by atoms with Crippen LogP contribution in [-0.2, 0) is 0 Å². The first kappa shape index (κ1) is 15.9. The van der Waals surface area contributed by atoms with Gasteiger partial charge in [0.15, 0.2) is 0 Å². The fourth-order valence-corrected chi connectivity index (χ4v) is 3.20. The van der Waals surface area contributed by atoms with Crippen LogP contribution in [-0.4, -0.2) is 36.5 Å². The summed E-state index contributed by atoms with van der Waals surface area (Å²) in [5, 5.41) is 13.8. The minimum absolute atomic E-state index is 0.0932. The van der Waals surface area contributed by atoms with Crippen LogP contribution in [0.4, 0.5) is 5.69 Å². The molecule has 0 aliphatic carbocycles. The van der Waals surface area contributed by atoms with Crippen molar-refractivity contribution in [3.8, 4) is 0 Å². The van der Waals surface area contributed by atoms with Crippen molar-refractivity contribution in [2.24, 2.45) is 0 Å². The van der Waals surface area contributed by atoms with Gasteiger partial charge in [0.25, 0.3) is 11.6 Å². The van der Waals surface area contributed by atoms with Gasteiger partial charge >= 0.3 is 0 Å². The molecule has 6 nitrogen and oxygen atoms in total. The van der Waals surface area contributed by atoms with E-state index in [-0.39, 0.29) is 11.6 Å². The van der Waals surface area contributed by atoms with Gasteiger partial charge in [-0.25, -0.2) is 0 Å². The molecular weight excluding hydrogens is 338 g/mol. The van der Waals surface area contributed by atoms with Crippen LogP contribution in [0.25, 0.3) is 0 Å². The third-order valence-corrected chi connectivity index (χ3v) is 4.67. The molecule has 1 aromatic carbocycles. The number of likely N-dealkylation sites (N-methyl/N-ethyl adjacent to an activating group) is 1. The molecule has 1 aliphatic heterocycles. The molecule has 1 heterocycles. The van der Waals surface area contributed by atoms with Gasteiger partial charge in [0, 0.05) is 24.5 Å². The van der Waals surface area contributed by atoms with Crippen LogP contribution in [0.3, 0.4) is 0 Å². The molecule has 1 amide bonds. The lowest BCUT2D eigenvalue weighted by Gasteiger charge is -2.20. The van der Waals surface area contributed by atoms with Gasteiger partial charge in [-0.3, -0.25) is 14.9 Å². The summed E-state index contributed by atoms with van der Waals surface area (Å²) in [6.07, 6.45) is 2.30. The van der Waals surface area contributed by atoms with Crippen LogP contribution >= 0.6 is 15.9 Å². The highest BCUT2D eigenvalue weighted by Gasteiger charge is 2.27. The quantitative estimate of drug-likeness (QED) is 0.613. The summed E-state index contributed by atoms with van der Waals surface area (Å²) in [6, 6.07) is 4.88. The predicted octanol–water partition coefficient (Wildman–Crippen LogP) is 1.15. The number of benzene rings is 1. The lowest BCUT2D eigenvalue weighted by Crippen LogP contribution is -3.14. The van der Waals surface area contributed by atoms with E-state index in [0.29, 0.717) is 22.6 Å². The monoisotopic (exact) mass is 356 g/mol. The molecule has 0 aromatic heterocycles. The van der Waals surface area contributed by atoms with E-state index < -0.39 is 4.92 Å². The minimum Gasteiger partial charge on any atom is -0.346 e. The summed E-state index contributed by atoms with van der Waals surface area (Å²) in [5.41, 5.74) is 0.227. The zero-order valence-corrected chi connectivity index (χ0v) is 13.5. The summed E-state index contributed by atoms with van der Waals surface area (Å²) in [5.74, 6) is -0.257. The Balaban J connectivity index is 2.00. The number of quaternary nitrogens is 1. The molecule has 7 heteroatoms. The molecule has 2 rings (SSSR count). The Morgan fingerprint density at radius 3 is 3.00 bits per heavy atom. The fourth-order valence-electron chi connectivity index (χ4n) is 2.81. The van der Waals surface area contributed by atoms with Crippen molar-refractivity contribution in [2.45, 2.75) is 25.8 Å². The normalized spacial score (nSPS) is 21.2. The number of carbonyl (C=O) groups excluding carboxylic acids is 1. The SMILES string of the molecule is CC[NH+]1CCCC1CNC(=O)c1ccc(Br)c([N+](=O)[O-])c1. The predicted molar refractivity (Wildman–Crippen MR) is 82.5 cm³/mol. The number of nitro benzene ring substituents is 1. The second-order valence-corrected chi connectivity index (χ2v) is 6.09. The van der Waals surface area contributed by atoms with Gasteiger partial charge < -0.3 is 10.2 Å². The Morgan fingerprint density at radius 1 is 1.57 bits per heavy atom. The second kappa shape index (κ2) is 7.00. The molecule has 1 aromatic rings. The van der Waals surface area contributed by atoms with E-state index in [1.54, 1.807) is 6.07 Å². The van der Waals surface area contributed by atoms with E-state index in [1.165, 1.54) is 23.5 Å². The molecule has 0 spiro atoms. The molecule has 21 heavy (non-hydrogen) atoms. The first-order chi connectivity index (χ1) is 10.0. The molecule has 0 radical (unpaired) electrons. The molecule has 0 saturated carbocycles. The number of carbonyl (C=O) groups is 1. The first-order valence-electron chi connectivity index (χ1n) is 7.09. The van der Waals surface area contributed by atoms with E-state index >= 15 is 0 Å². The Bertz CT molecular complexity index is 550. The maximum Gasteiger partial charge on any atom is 0.284 e. The van der Waals surface area contributed by atoms with Crippen molar-refractivity contribution in [2.75, 3.05) is 19.6 Å². The van der Waals surface area contributed by atoms with Crippen LogP contribution in [0.15, 0.2) is 22.7 Å². The zero-order valence-electron chi connectivity index (χ0n) is 11.9. The summed E-state index contributed by atoms with van der Waals surface area (Å²) in [7, 11) is 0. The number of nitrogens with zero attached hydrogens (tertiary/aromatic N) is 1. The molecule has 1 aliphatic rings. The summed E-state index contributed by atoms with van der Waals surface area (Å²) in [6.45, 7) is 4.98. The highest BCUT2D eigenvalue weighted by Crippen LogP contribution is 2.25. The Labute approximate surface area is 131 Å². The average molecular weight is 357 g/mol. The van der Waals surface area contributed by atoms with Gasteiger partial charge in [-0.1, -0.05) is 0 Å². The van der Waals surface area contributed by atoms with Gasteiger partial charge in [0.1, 0.15) is 6.04 Å². The Morgan fingerprint density at radius 2 is 2.33 bits per heavy atom. The Kier molecular flexibility index (Phi) is 5.30. The van der Waals surface area contributed by atoms with E-state index in [1.807, 2.05) is 0 Å².